The second kappa shape index (κ2) is 10.9. The van der Waals surface area contributed by atoms with Crippen molar-refractivity contribution in [1.82, 2.24) is 16.0 Å². The van der Waals surface area contributed by atoms with E-state index in [1.807, 2.05) is 20.8 Å². The number of nitrogens with one attached hydrogen (secondary N) is 3. The lowest BCUT2D eigenvalue weighted by molar-refractivity contribution is -0.124. The van der Waals surface area contributed by atoms with E-state index in [9.17, 15) is 9.59 Å². The first-order valence-electron chi connectivity index (χ1n) is 10.0. The highest BCUT2D eigenvalue weighted by Gasteiger charge is 2.24. The maximum Gasteiger partial charge on any atom is 0.251 e. The van der Waals surface area contributed by atoms with Gasteiger partial charge in [-0.3, -0.25) is 9.59 Å². The third kappa shape index (κ3) is 6.86. The highest BCUT2D eigenvalue weighted by atomic mass is 16.5. The van der Waals surface area contributed by atoms with E-state index in [1.54, 1.807) is 24.3 Å². The van der Waals surface area contributed by atoms with Crippen LogP contribution in [0.2, 0.25) is 0 Å². The quantitative estimate of drug-likeness (QED) is 0.619. The first-order valence-corrected chi connectivity index (χ1v) is 10.0. The molecule has 0 bridgehead atoms. The van der Waals surface area contributed by atoms with E-state index in [-0.39, 0.29) is 17.7 Å². The van der Waals surface area contributed by atoms with Gasteiger partial charge in [-0.1, -0.05) is 13.8 Å². The van der Waals surface area contributed by atoms with Gasteiger partial charge >= 0.3 is 0 Å². The van der Waals surface area contributed by atoms with E-state index >= 15 is 0 Å². The van der Waals surface area contributed by atoms with Crippen LogP contribution in [0.5, 0.6) is 5.75 Å². The summed E-state index contributed by atoms with van der Waals surface area (Å²) >= 11 is 0. The molecule has 1 fully saturated rings. The maximum absolute atomic E-state index is 12.6. The van der Waals surface area contributed by atoms with E-state index in [0.29, 0.717) is 24.6 Å². The van der Waals surface area contributed by atoms with Crippen molar-refractivity contribution in [2.75, 3.05) is 26.2 Å². The monoisotopic (exact) mass is 375 g/mol. The van der Waals surface area contributed by atoms with Crippen molar-refractivity contribution >= 4 is 11.8 Å². The molecular weight excluding hydrogens is 342 g/mol. The highest BCUT2D eigenvalue weighted by molar-refractivity contribution is 5.97. The van der Waals surface area contributed by atoms with Crippen LogP contribution in [0.4, 0.5) is 0 Å². The van der Waals surface area contributed by atoms with Gasteiger partial charge in [0.25, 0.3) is 5.91 Å². The summed E-state index contributed by atoms with van der Waals surface area (Å²) in [7, 11) is 0. The van der Waals surface area contributed by atoms with E-state index in [4.69, 9.17) is 4.74 Å². The molecule has 2 atom stereocenters. The summed E-state index contributed by atoms with van der Waals surface area (Å²) in [6.45, 7) is 9.14. The topological polar surface area (TPSA) is 79.5 Å². The van der Waals surface area contributed by atoms with Gasteiger partial charge in [-0.2, -0.15) is 0 Å². The van der Waals surface area contributed by atoms with Crippen molar-refractivity contribution in [3.63, 3.8) is 0 Å². The molecule has 1 saturated heterocycles. The molecule has 2 unspecified atom stereocenters. The van der Waals surface area contributed by atoms with Crippen LogP contribution in [0.15, 0.2) is 24.3 Å². The summed E-state index contributed by atoms with van der Waals surface area (Å²) in [5.74, 6) is 0.990. The second-order valence-corrected chi connectivity index (χ2v) is 7.44. The van der Waals surface area contributed by atoms with Gasteiger partial charge < -0.3 is 20.7 Å². The predicted molar refractivity (Wildman–Crippen MR) is 107 cm³/mol. The van der Waals surface area contributed by atoms with Gasteiger partial charge in [0.2, 0.25) is 5.91 Å². The van der Waals surface area contributed by atoms with E-state index in [0.717, 1.165) is 25.3 Å². The molecule has 1 aromatic rings. The van der Waals surface area contributed by atoms with E-state index < -0.39 is 6.04 Å². The molecule has 1 aliphatic heterocycles. The van der Waals surface area contributed by atoms with Gasteiger partial charge in [-0.25, -0.2) is 0 Å². The third-order valence-corrected chi connectivity index (χ3v) is 4.91. The van der Waals surface area contributed by atoms with Crippen molar-refractivity contribution in [1.29, 1.82) is 0 Å². The Morgan fingerprint density at radius 1 is 1.26 bits per heavy atom. The first kappa shape index (κ1) is 21.2. The van der Waals surface area contributed by atoms with E-state index in [1.165, 1.54) is 12.8 Å². The largest absolute Gasteiger partial charge is 0.494 e. The molecule has 1 aliphatic rings. The zero-order chi connectivity index (χ0) is 19.6. The molecule has 0 radical (unpaired) electrons. The zero-order valence-electron chi connectivity index (χ0n) is 16.7. The minimum absolute atomic E-state index is 0.00740. The Morgan fingerprint density at radius 2 is 2.00 bits per heavy atom. The first-order chi connectivity index (χ1) is 13.0. The Kier molecular flexibility index (Phi) is 8.58. The Morgan fingerprint density at radius 3 is 2.59 bits per heavy atom. The molecule has 27 heavy (non-hydrogen) atoms. The predicted octanol–water partition coefficient (Wildman–Crippen LogP) is 2.35. The Hall–Kier alpha value is -2.08. The Balaban J connectivity index is 1.85. The summed E-state index contributed by atoms with van der Waals surface area (Å²) in [4.78, 5) is 25.1. The SMILES string of the molecule is CCOc1ccc(C(=O)NC(C(=O)NCCC2CCCNC2)C(C)C)cc1. The van der Waals surface area contributed by atoms with Crippen LogP contribution in [0.1, 0.15) is 50.4 Å². The number of hydrogen-bond donors (Lipinski definition) is 3. The number of carbonyl (C=O) groups is 2. The molecule has 0 aromatic heterocycles. The minimum atomic E-state index is -0.548. The van der Waals surface area contributed by atoms with Crippen LogP contribution in [0.3, 0.4) is 0 Å². The van der Waals surface area contributed by atoms with Crippen LogP contribution >= 0.6 is 0 Å². The van der Waals surface area contributed by atoms with Gasteiger partial charge in [0.15, 0.2) is 0 Å². The molecule has 3 N–H and O–H groups in total. The summed E-state index contributed by atoms with van der Waals surface area (Å²) in [5, 5.41) is 9.25. The fourth-order valence-corrected chi connectivity index (χ4v) is 3.31. The summed E-state index contributed by atoms with van der Waals surface area (Å²) in [5.41, 5.74) is 0.519. The molecule has 6 nitrogen and oxygen atoms in total. The highest BCUT2D eigenvalue weighted by Crippen LogP contribution is 2.14. The van der Waals surface area contributed by atoms with Crippen LogP contribution in [-0.4, -0.2) is 44.1 Å². The van der Waals surface area contributed by atoms with Crippen LogP contribution < -0.4 is 20.7 Å². The van der Waals surface area contributed by atoms with Gasteiger partial charge in [-0.15, -0.1) is 0 Å². The number of carbonyl (C=O) groups excluding carboxylic acids is 2. The second-order valence-electron chi connectivity index (χ2n) is 7.44. The molecule has 6 heteroatoms. The van der Waals surface area contributed by atoms with Crippen LogP contribution in [-0.2, 0) is 4.79 Å². The third-order valence-electron chi connectivity index (χ3n) is 4.91. The average molecular weight is 376 g/mol. The molecule has 150 valence electrons. The normalized spacial score (nSPS) is 18.0. The lowest BCUT2D eigenvalue weighted by Crippen LogP contribution is -2.50. The Labute approximate surface area is 162 Å². The average Bonchev–Trinajstić information content (AvgIpc) is 2.67. The molecule has 0 saturated carbocycles. The number of amides is 2. The number of piperidine rings is 1. The smallest absolute Gasteiger partial charge is 0.251 e. The van der Waals surface area contributed by atoms with Gasteiger partial charge in [-0.05, 0) is 75.4 Å². The van der Waals surface area contributed by atoms with Crippen LogP contribution in [0.25, 0.3) is 0 Å². The number of ether oxygens (including phenoxy) is 1. The lowest BCUT2D eigenvalue weighted by Gasteiger charge is -2.24. The molecule has 1 aromatic carbocycles. The van der Waals surface area contributed by atoms with Gasteiger partial charge in [0.1, 0.15) is 11.8 Å². The molecule has 0 spiro atoms. The minimum Gasteiger partial charge on any atom is -0.494 e. The molecule has 2 amide bonds. The fourth-order valence-electron chi connectivity index (χ4n) is 3.31. The lowest BCUT2D eigenvalue weighted by atomic mass is 9.96. The maximum atomic E-state index is 12.6. The molecule has 1 heterocycles. The van der Waals surface area contributed by atoms with Gasteiger partial charge in [0, 0.05) is 12.1 Å². The summed E-state index contributed by atoms with van der Waals surface area (Å²) < 4.78 is 5.39. The van der Waals surface area contributed by atoms with Crippen molar-refractivity contribution < 1.29 is 14.3 Å². The van der Waals surface area contributed by atoms with Crippen molar-refractivity contribution in [2.24, 2.45) is 11.8 Å². The summed E-state index contributed by atoms with van der Waals surface area (Å²) in [6, 6.07) is 6.41. The van der Waals surface area contributed by atoms with Crippen molar-refractivity contribution in [3.8, 4) is 5.75 Å². The van der Waals surface area contributed by atoms with E-state index in [2.05, 4.69) is 16.0 Å². The fraction of sp³-hybridized carbons (Fsp3) is 0.619. The standard InChI is InChI=1S/C21H33N3O3/c1-4-27-18-9-7-17(8-10-18)20(25)24-19(15(2)3)21(26)23-13-11-16-6-5-12-22-14-16/h7-10,15-16,19,22H,4-6,11-14H2,1-3H3,(H,23,26)(H,24,25). The van der Waals surface area contributed by atoms with Crippen LogP contribution in [0, 0.1) is 11.8 Å². The van der Waals surface area contributed by atoms with Crippen molar-refractivity contribution in [3.05, 3.63) is 29.8 Å². The van der Waals surface area contributed by atoms with Crippen molar-refractivity contribution in [2.45, 2.75) is 46.1 Å². The number of hydrogen-bond acceptors (Lipinski definition) is 4. The summed E-state index contributed by atoms with van der Waals surface area (Å²) in [6.07, 6.45) is 3.38. The molecule has 2 rings (SSSR count). The molecule has 0 aliphatic carbocycles. The molecular formula is C21H33N3O3. The number of rotatable bonds is 9. The number of benzene rings is 1. The Bertz CT molecular complexity index is 595. The van der Waals surface area contributed by atoms with Gasteiger partial charge in [0.05, 0.1) is 6.61 Å². The zero-order valence-corrected chi connectivity index (χ0v) is 16.7.